The Hall–Kier alpha value is -2.08. The van der Waals surface area contributed by atoms with Crippen LogP contribution in [0.2, 0.25) is 0 Å². The molecule has 0 nitrogen and oxygen atoms in total. The highest BCUT2D eigenvalue weighted by molar-refractivity contribution is 5.98. The number of rotatable bonds is 7. The van der Waals surface area contributed by atoms with Crippen LogP contribution in [0.3, 0.4) is 0 Å². The smallest absolute Gasteiger partial charge is 0.0172 e. The summed E-state index contributed by atoms with van der Waals surface area (Å²) in [7, 11) is 0. The summed E-state index contributed by atoms with van der Waals surface area (Å²) < 4.78 is 0. The van der Waals surface area contributed by atoms with E-state index < -0.39 is 0 Å². The van der Waals surface area contributed by atoms with E-state index in [1.54, 1.807) is 0 Å². The van der Waals surface area contributed by atoms with E-state index in [1.807, 2.05) is 0 Å². The van der Waals surface area contributed by atoms with Gasteiger partial charge in [0.2, 0.25) is 0 Å². The maximum atomic E-state index is 2.33. The van der Waals surface area contributed by atoms with Crippen LogP contribution < -0.4 is 0 Å². The van der Waals surface area contributed by atoms with Gasteiger partial charge in [0.1, 0.15) is 0 Å². The molecule has 3 rings (SSSR count). The Kier molecular flexibility index (Phi) is 5.47. The molecule has 0 aliphatic rings. The Morgan fingerprint density at radius 2 is 1.39 bits per heavy atom. The Morgan fingerprint density at radius 3 is 2.17 bits per heavy atom. The second-order valence-electron chi connectivity index (χ2n) is 6.41. The van der Waals surface area contributed by atoms with E-state index in [0.717, 1.165) is 0 Å². The molecule has 0 aromatic heterocycles. The molecule has 0 aliphatic carbocycles. The minimum Gasteiger partial charge on any atom is -0.0839 e. The molecule has 0 N–H and O–H groups in total. The van der Waals surface area contributed by atoms with Gasteiger partial charge in [0.15, 0.2) is 0 Å². The number of fused-ring (bicyclic) bond motifs is 2. The molecule has 0 unspecified atom stereocenters. The highest BCUT2D eigenvalue weighted by atomic mass is 14.0. The minimum absolute atomic E-state index is 1.19. The summed E-state index contributed by atoms with van der Waals surface area (Å²) in [5.74, 6) is 0. The molecule has 0 saturated carbocycles. The van der Waals surface area contributed by atoms with Gasteiger partial charge in [0, 0.05) is 0 Å². The number of benzene rings is 3. The first-order valence-corrected chi connectivity index (χ1v) is 8.96. The zero-order valence-electron chi connectivity index (χ0n) is 14.1. The van der Waals surface area contributed by atoms with E-state index in [1.165, 1.54) is 65.6 Å². The van der Waals surface area contributed by atoms with Crippen molar-refractivity contribution in [2.45, 2.75) is 45.4 Å². The number of allylic oxidation sites excluding steroid dienone is 1. The van der Waals surface area contributed by atoms with Crippen molar-refractivity contribution in [3.05, 3.63) is 66.2 Å². The topological polar surface area (TPSA) is 0 Å². The van der Waals surface area contributed by atoms with Crippen LogP contribution in [0.25, 0.3) is 27.6 Å². The summed E-state index contributed by atoms with van der Waals surface area (Å²) in [5, 5.41) is 5.28. The molecule has 3 aromatic rings. The van der Waals surface area contributed by atoms with Crippen molar-refractivity contribution >= 4 is 27.6 Å². The molecule has 0 fully saturated rings. The molecule has 0 heterocycles. The highest BCUT2D eigenvalue weighted by Crippen LogP contribution is 2.24. The van der Waals surface area contributed by atoms with Crippen molar-refractivity contribution in [1.29, 1.82) is 0 Å². The number of hydrogen-bond acceptors (Lipinski definition) is 0. The van der Waals surface area contributed by atoms with Crippen LogP contribution in [-0.2, 0) is 0 Å². The van der Waals surface area contributed by atoms with Gasteiger partial charge in [-0.15, -0.1) is 0 Å². The predicted octanol–water partition coefficient (Wildman–Crippen LogP) is 7.37. The van der Waals surface area contributed by atoms with Crippen molar-refractivity contribution < 1.29 is 0 Å². The second kappa shape index (κ2) is 7.97. The molecule has 118 valence electrons. The van der Waals surface area contributed by atoms with Crippen molar-refractivity contribution in [3.63, 3.8) is 0 Å². The number of hydrogen-bond donors (Lipinski definition) is 0. The molecule has 0 bridgehead atoms. The molecule has 0 amide bonds. The van der Waals surface area contributed by atoms with Crippen LogP contribution in [0.4, 0.5) is 0 Å². The average molecular weight is 302 g/mol. The highest BCUT2D eigenvalue weighted by Gasteiger charge is 1.98. The van der Waals surface area contributed by atoms with Gasteiger partial charge in [0.25, 0.3) is 0 Å². The predicted molar refractivity (Wildman–Crippen MR) is 104 cm³/mol. The molecule has 0 radical (unpaired) electrons. The van der Waals surface area contributed by atoms with Crippen molar-refractivity contribution in [3.8, 4) is 0 Å². The van der Waals surface area contributed by atoms with Gasteiger partial charge >= 0.3 is 0 Å². The monoisotopic (exact) mass is 302 g/mol. The Bertz CT molecular complexity index is 795. The van der Waals surface area contributed by atoms with Gasteiger partial charge in [-0.3, -0.25) is 0 Å². The normalized spacial score (nSPS) is 11.7. The first kappa shape index (κ1) is 15.8. The maximum Gasteiger partial charge on any atom is -0.0172 e. The van der Waals surface area contributed by atoms with Gasteiger partial charge in [-0.1, -0.05) is 81.2 Å². The van der Waals surface area contributed by atoms with Crippen LogP contribution in [0.15, 0.2) is 60.7 Å². The minimum atomic E-state index is 1.19. The van der Waals surface area contributed by atoms with Crippen molar-refractivity contribution in [2.24, 2.45) is 0 Å². The van der Waals surface area contributed by atoms with Crippen LogP contribution in [0.1, 0.15) is 51.0 Å². The van der Waals surface area contributed by atoms with Crippen LogP contribution in [0.5, 0.6) is 0 Å². The van der Waals surface area contributed by atoms with Crippen molar-refractivity contribution in [2.75, 3.05) is 0 Å². The summed E-state index contributed by atoms with van der Waals surface area (Å²) in [6.07, 6.45) is 12.6. The van der Waals surface area contributed by atoms with Crippen molar-refractivity contribution in [1.82, 2.24) is 0 Å². The zero-order chi connectivity index (χ0) is 15.9. The number of unbranched alkanes of at least 4 members (excludes halogenated alkanes) is 5. The fourth-order valence-electron chi connectivity index (χ4n) is 3.15. The molecule has 3 aromatic carbocycles. The fraction of sp³-hybridized carbons (Fsp3) is 0.304. The summed E-state index contributed by atoms with van der Waals surface area (Å²) in [6.45, 7) is 2.27. The average Bonchev–Trinajstić information content (AvgIpc) is 2.59. The lowest BCUT2D eigenvalue weighted by Crippen LogP contribution is -1.79. The molecular formula is C23H26. The third-order valence-electron chi connectivity index (χ3n) is 4.51. The van der Waals surface area contributed by atoms with Crippen LogP contribution >= 0.6 is 0 Å². The van der Waals surface area contributed by atoms with Crippen LogP contribution in [-0.4, -0.2) is 0 Å². The molecule has 0 heteroatoms. The quantitative estimate of drug-likeness (QED) is 0.316. The van der Waals surface area contributed by atoms with E-state index >= 15 is 0 Å². The largest absolute Gasteiger partial charge is 0.0839 e. The standard InChI is InChI=1S/C23H26/c1-2-3-4-5-6-7-8-11-19-14-15-22-17-20-12-9-10-13-21(20)18-23(22)16-19/h8-18H,2-7H2,1H3/b11-8+. The molecule has 0 atom stereocenters. The molecule has 0 aliphatic heterocycles. The maximum absolute atomic E-state index is 2.33. The van der Waals surface area contributed by atoms with Gasteiger partial charge in [-0.2, -0.15) is 0 Å². The second-order valence-corrected chi connectivity index (χ2v) is 6.41. The molecule has 0 spiro atoms. The SMILES string of the molecule is CCCCCCC/C=C/c1ccc2cc3ccccc3cc2c1. The molecule has 23 heavy (non-hydrogen) atoms. The first-order chi connectivity index (χ1) is 11.4. The zero-order valence-corrected chi connectivity index (χ0v) is 14.1. The summed E-state index contributed by atoms with van der Waals surface area (Å²) in [6, 6.07) is 19.9. The molecular weight excluding hydrogens is 276 g/mol. The third-order valence-corrected chi connectivity index (χ3v) is 4.51. The Labute approximate surface area is 139 Å². The van der Waals surface area contributed by atoms with E-state index in [-0.39, 0.29) is 0 Å². The Balaban J connectivity index is 1.68. The van der Waals surface area contributed by atoms with Gasteiger partial charge in [-0.25, -0.2) is 0 Å². The lowest BCUT2D eigenvalue weighted by Gasteiger charge is -2.03. The lowest BCUT2D eigenvalue weighted by molar-refractivity contribution is 0.638. The summed E-state index contributed by atoms with van der Waals surface area (Å²) in [4.78, 5) is 0. The van der Waals surface area contributed by atoms with Gasteiger partial charge in [0.05, 0.1) is 0 Å². The fourth-order valence-corrected chi connectivity index (χ4v) is 3.15. The lowest BCUT2D eigenvalue weighted by atomic mass is 10.0. The van der Waals surface area contributed by atoms with E-state index in [0.29, 0.717) is 0 Å². The Morgan fingerprint density at radius 1 is 0.696 bits per heavy atom. The third kappa shape index (κ3) is 4.22. The summed E-state index contributed by atoms with van der Waals surface area (Å²) >= 11 is 0. The van der Waals surface area contributed by atoms with Gasteiger partial charge < -0.3 is 0 Å². The van der Waals surface area contributed by atoms with E-state index in [4.69, 9.17) is 0 Å². The van der Waals surface area contributed by atoms with E-state index in [9.17, 15) is 0 Å². The first-order valence-electron chi connectivity index (χ1n) is 8.96. The summed E-state index contributed by atoms with van der Waals surface area (Å²) in [5.41, 5.74) is 1.31. The molecule has 0 saturated heterocycles. The van der Waals surface area contributed by atoms with Crippen LogP contribution in [0, 0.1) is 0 Å². The van der Waals surface area contributed by atoms with E-state index in [2.05, 4.69) is 73.7 Å². The van der Waals surface area contributed by atoms with Gasteiger partial charge in [-0.05, 0) is 58.1 Å².